The molecule has 0 aliphatic carbocycles. The maximum Gasteiger partial charge on any atom is 0.238 e. The normalized spacial score (nSPS) is 30.1. The molecule has 0 aromatic carbocycles. The number of carbonyl (C=O) groups is 1. The second-order valence-corrected chi connectivity index (χ2v) is 8.20. The van der Waals surface area contributed by atoms with E-state index >= 15 is 0 Å². The second kappa shape index (κ2) is 4.88. The molecule has 19 heavy (non-hydrogen) atoms. The summed E-state index contributed by atoms with van der Waals surface area (Å²) < 4.78 is 23.8. The molecule has 2 aliphatic rings. The Labute approximate surface area is 116 Å². The average molecular weight is 300 g/mol. The number of carbonyl (C=O) groups excluding carboxylic acids is 1. The number of hydrogen-bond donors (Lipinski definition) is 1. The number of sulfone groups is 1. The molecule has 0 bridgehead atoms. The molecule has 1 aromatic rings. The smallest absolute Gasteiger partial charge is 0.238 e. The molecule has 5 nitrogen and oxygen atoms in total. The molecule has 0 saturated carbocycles. The zero-order valence-corrected chi connectivity index (χ0v) is 12.0. The van der Waals surface area contributed by atoms with E-state index in [0.717, 1.165) is 5.56 Å². The van der Waals surface area contributed by atoms with E-state index in [9.17, 15) is 13.2 Å². The molecule has 2 fully saturated rings. The monoisotopic (exact) mass is 300 g/mol. The summed E-state index contributed by atoms with van der Waals surface area (Å²) in [5.41, 5.74) is 1.03. The van der Waals surface area contributed by atoms with E-state index in [2.05, 4.69) is 5.32 Å². The Kier molecular flexibility index (Phi) is 3.36. The van der Waals surface area contributed by atoms with E-state index in [0.29, 0.717) is 19.4 Å². The number of nitrogens with one attached hydrogen (secondary N) is 1. The van der Waals surface area contributed by atoms with Gasteiger partial charge in [0.05, 0.1) is 17.5 Å². The fourth-order valence-corrected chi connectivity index (χ4v) is 5.25. The lowest BCUT2D eigenvalue weighted by molar-refractivity contribution is -0.128. The van der Waals surface area contributed by atoms with Gasteiger partial charge in [0.25, 0.3) is 0 Å². The Bertz CT molecular complexity index is 568. The van der Waals surface area contributed by atoms with Crippen molar-refractivity contribution >= 4 is 27.1 Å². The number of amides is 1. The van der Waals surface area contributed by atoms with Crippen LogP contribution in [0.1, 0.15) is 24.6 Å². The predicted molar refractivity (Wildman–Crippen MR) is 73.6 cm³/mol. The van der Waals surface area contributed by atoms with E-state index < -0.39 is 15.1 Å². The van der Waals surface area contributed by atoms with Crippen LogP contribution in [-0.2, 0) is 14.6 Å². The van der Waals surface area contributed by atoms with Crippen molar-refractivity contribution in [2.75, 3.05) is 18.8 Å². The lowest BCUT2D eigenvalue weighted by atomic mass is 10.2. The highest BCUT2D eigenvalue weighted by Gasteiger charge is 2.38. The maximum absolute atomic E-state index is 12.0. The van der Waals surface area contributed by atoms with Crippen LogP contribution in [0, 0.1) is 0 Å². The van der Waals surface area contributed by atoms with Crippen molar-refractivity contribution in [3.05, 3.63) is 22.4 Å². The molecule has 2 unspecified atom stereocenters. The molecule has 3 heterocycles. The van der Waals surface area contributed by atoms with Crippen LogP contribution in [0.2, 0.25) is 0 Å². The van der Waals surface area contributed by atoms with Gasteiger partial charge in [-0.1, -0.05) is 0 Å². The van der Waals surface area contributed by atoms with Crippen molar-refractivity contribution in [2.24, 2.45) is 0 Å². The molecular formula is C12H16N2O3S2. The standard InChI is InChI=1S/C12H16N2O3S2/c15-11-6-13-12(9-3-4-18-8-9)14(11)7-10-2-1-5-19(10,16)17/h3-4,8,10,12-13H,1-2,5-7H2. The largest absolute Gasteiger partial charge is 0.320 e. The summed E-state index contributed by atoms with van der Waals surface area (Å²) >= 11 is 1.58. The Morgan fingerprint density at radius 2 is 2.32 bits per heavy atom. The minimum Gasteiger partial charge on any atom is -0.320 e. The van der Waals surface area contributed by atoms with Crippen LogP contribution in [0.5, 0.6) is 0 Å². The molecule has 2 saturated heterocycles. The van der Waals surface area contributed by atoms with Gasteiger partial charge >= 0.3 is 0 Å². The number of rotatable bonds is 3. The van der Waals surface area contributed by atoms with Gasteiger partial charge in [-0.05, 0) is 35.2 Å². The highest BCUT2D eigenvalue weighted by Crippen LogP contribution is 2.28. The zero-order valence-electron chi connectivity index (χ0n) is 10.4. The Morgan fingerprint density at radius 1 is 1.47 bits per heavy atom. The zero-order chi connectivity index (χ0) is 13.5. The summed E-state index contributed by atoms with van der Waals surface area (Å²) in [7, 11) is -3.01. The van der Waals surface area contributed by atoms with Gasteiger partial charge in [-0.2, -0.15) is 11.3 Å². The summed E-state index contributed by atoms with van der Waals surface area (Å²) in [6.45, 7) is 0.599. The third-order valence-corrected chi connectivity index (χ3v) is 6.76. The van der Waals surface area contributed by atoms with Crippen molar-refractivity contribution in [3.8, 4) is 0 Å². The molecule has 2 atom stereocenters. The summed E-state index contributed by atoms with van der Waals surface area (Å²) in [6, 6.07) is 1.97. The number of hydrogen-bond acceptors (Lipinski definition) is 5. The lowest BCUT2D eigenvalue weighted by Gasteiger charge is -2.26. The minimum atomic E-state index is -3.01. The topological polar surface area (TPSA) is 66.5 Å². The van der Waals surface area contributed by atoms with Crippen LogP contribution in [-0.4, -0.2) is 43.3 Å². The third kappa shape index (κ3) is 2.42. The molecule has 7 heteroatoms. The van der Waals surface area contributed by atoms with E-state index in [4.69, 9.17) is 0 Å². The maximum atomic E-state index is 12.0. The van der Waals surface area contributed by atoms with Crippen molar-refractivity contribution in [2.45, 2.75) is 24.3 Å². The van der Waals surface area contributed by atoms with Gasteiger partial charge < -0.3 is 4.90 Å². The highest BCUT2D eigenvalue weighted by atomic mass is 32.2. The molecule has 3 rings (SSSR count). The lowest BCUT2D eigenvalue weighted by Crippen LogP contribution is -2.38. The predicted octanol–water partition coefficient (Wildman–Crippen LogP) is 0.756. The van der Waals surface area contributed by atoms with Crippen molar-refractivity contribution in [3.63, 3.8) is 0 Å². The Hall–Kier alpha value is -0.920. The first kappa shape index (κ1) is 13.1. The van der Waals surface area contributed by atoms with E-state index in [1.807, 2.05) is 16.8 Å². The van der Waals surface area contributed by atoms with Crippen molar-refractivity contribution in [1.82, 2.24) is 10.2 Å². The quantitative estimate of drug-likeness (QED) is 0.895. The highest BCUT2D eigenvalue weighted by molar-refractivity contribution is 7.92. The molecule has 104 valence electrons. The van der Waals surface area contributed by atoms with Crippen LogP contribution in [0.4, 0.5) is 0 Å². The molecule has 0 radical (unpaired) electrons. The molecule has 1 amide bonds. The summed E-state index contributed by atoms with van der Waals surface area (Å²) in [5, 5.41) is 6.71. The van der Waals surface area contributed by atoms with Crippen LogP contribution in [0.25, 0.3) is 0 Å². The van der Waals surface area contributed by atoms with Gasteiger partial charge in [-0.15, -0.1) is 0 Å². The Morgan fingerprint density at radius 3 is 2.95 bits per heavy atom. The van der Waals surface area contributed by atoms with Crippen LogP contribution < -0.4 is 5.32 Å². The van der Waals surface area contributed by atoms with Gasteiger partial charge in [0, 0.05) is 6.54 Å². The molecule has 2 aliphatic heterocycles. The fourth-order valence-electron chi connectivity index (χ4n) is 2.76. The van der Waals surface area contributed by atoms with Crippen LogP contribution >= 0.6 is 11.3 Å². The number of nitrogens with zero attached hydrogens (tertiary/aromatic N) is 1. The first-order chi connectivity index (χ1) is 9.08. The molecular weight excluding hydrogens is 284 g/mol. The molecule has 0 spiro atoms. The summed E-state index contributed by atoms with van der Waals surface area (Å²) in [5.74, 6) is 0.245. The average Bonchev–Trinajstić information content (AvgIpc) is 3.03. The van der Waals surface area contributed by atoms with E-state index in [1.54, 1.807) is 16.2 Å². The number of thiophene rings is 1. The van der Waals surface area contributed by atoms with Gasteiger partial charge in [-0.25, -0.2) is 8.42 Å². The van der Waals surface area contributed by atoms with Crippen LogP contribution in [0.3, 0.4) is 0 Å². The Balaban J connectivity index is 1.80. The van der Waals surface area contributed by atoms with Gasteiger partial charge in [0.15, 0.2) is 9.84 Å². The first-order valence-corrected chi connectivity index (χ1v) is 9.00. The fraction of sp³-hybridized carbons (Fsp3) is 0.583. The summed E-state index contributed by atoms with van der Waals surface area (Å²) in [6.07, 6.45) is 1.21. The van der Waals surface area contributed by atoms with E-state index in [1.165, 1.54) is 0 Å². The first-order valence-electron chi connectivity index (χ1n) is 6.34. The minimum absolute atomic E-state index is 0.0155. The SMILES string of the molecule is O=C1CNC(c2ccsc2)N1CC1CCCS1(=O)=O. The summed E-state index contributed by atoms with van der Waals surface area (Å²) in [4.78, 5) is 13.6. The third-order valence-electron chi connectivity index (χ3n) is 3.80. The van der Waals surface area contributed by atoms with Gasteiger partial charge in [-0.3, -0.25) is 10.1 Å². The molecule has 1 aromatic heterocycles. The molecule has 1 N–H and O–H groups in total. The van der Waals surface area contributed by atoms with Gasteiger partial charge in [0.2, 0.25) is 5.91 Å². The van der Waals surface area contributed by atoms with Crippen molar-refractivity contribution in [1.29, 1.82) is 0 Å². The van der Waals surface area contributed by atoms with Gasteiger partial charge in [0.1, 0.15) is 6.17 Å². The van der Waals surface area contributed by atoms with Crippen LogP contribution in [0.15, 0.2) is 16.8 Å². The van der Waals surface area contributed by atoms with E-state index in [-0.39, 0.29) is 24.4 Å². The van der Waals surface area contributed by atoms with Crippen molar-refractivity contribution < 1.29 is 13.2 Å². The second-order valence-electron chi connectivity index (χ2n) is 5.02.